The molecule has 0 amide bonds. The first kappa shape index (κ1) is 14.9. The maximum Gasteiger partial charge on any atom is 0.308 e. The van der Waals surface area contributed by atoms with Crippen LogP contribution in [-0.4, -0.2) is 22.5 Å². The summed E-state index contributed by atoms with van der Waals surface area (Å²) < 4.78 is 5.06. The number of hydrogen-bond donors (Lipinski definition) is 1. The Hall–Kier alpha value is -3.02. The van der Waals surface area contributed by atoms with Crippen molar-refractivity contribution < 1.29 is 19.1 Å². The maximum absolute atomic E-state index is 12.9. The van der Waals surface area contributed by atoms with Crippen molar-refractivity contribution in [2.45, 2.75) is 20.8 Å². The zero-order valence-electron chi connectivity index (χ0n) is 12.8. The second-order valence-corrected chi connectivity index (χ2v) is 5.38. The fraction of sp³-hybridized carbons (Fsp3) is 0.176. The summed E-state index contributed by atoms with van der Waals surface area (Å²) >= 11 is 0. The number of H-pyrrole nitrogens is 1. The van der Waals surface area contributed by atoms with Crippen LogP contribution in [0.3, 0.4) is 0 Å². The molecule has 0 atom stereocenters. The summed E-state index contributed by atoms with van der Waals surface area (Å²) in [5, 5.41) is 0. The molecule has 23 heavy (non-hydrogen) atoms. The number of carbonyl (C=O) groups excluding carboxylic acids is 3. The molecular weight excluding hydrogens is 298 g/mol. The van der Waals surface area contributed by atoms with E-state index in [1.807, 2.05) is 0 Å². The lowest BCUT2D eigenvalue weighted by atomic mass is 9.81. The fourth-order valence-electron chi connectivity index (χ4n) is 2.84. The van der Waals surface area contributed by atoms with Gasteiger partial charge in [-0.3, -0.25) is 19.2 Å². The van der Waals surface area contributed by atoms with Gasteiger partial charge in [0.15, 0.2) is 11.6 Å². The molecule has 1 N–H and O–H groups in total. The van der Waals surface area contributed by atoms with E-state index in [-0.39, 0.29) is 33.6 Å². The SMILES string of the molecule is CC(=O)Oc1cccc2c1C(=O)c1c(C)[nH]c(=O)c(C)c1C2=O. The van der Waals surface area contributed by atoms with Crippen LogP contribution in [0.1, 0.15) is 50.0 Å². The molecule has 0 spiro atoms. The standard InChI is InChI=1S/C17H13NO5/c1-7-12-13(8(2)18-17(7)22)16(21)14-10(15(12)20)5-4-6-11(14)23-9(3)19/h4-6H,1-3H3,(H,18,22). The lowest BCUT2D eigenvalue weighted by Crippen LogP contribution is -2.29. The largest absolute Gasteiger partial charge is 0.426 e. The van der Waals surface area contributed by atoms with Crippen molar-refractivity contribution in [3.8, 4) is 5.75 Å². The zero-order chi connectivity index (χ0) is 16.9. The summed E-state index contributed by atoms with van der Waals surface area (Å²) in [6, 6.07) is 4.48. The minimum absolute atomic E-state index is 0.0438. The summed E-state index contributed by atoms with van der Waals surface area (Å²) in [5.41, 5.74) is 0.568. The van der Waals surface area contributed by atoms with E-state index in [4.69, 9.17) is 4.74 Å². The summed E-state index contributed by atoms with van der Waals surface area (Å²) in [6.07, 6.45) is 0. The van der Waals surface area contributed by atoms with Crippen molar-refractivity contribution in [2.75, 3.05) is 0 Å². The van der Waals surface area contributed by atoms with Crippen molar-refractivity contribution >= 4 is 17.5 Å². The van der Waals surface area contributed by atoms with Crippen LogP contribution in [0.25, 0.3) is 0 Å². The van der Waals surface area contributed by atoms with Crippen molar-refractivity contribution in [1.82, 2.24) is 4.98 Å². The predicted octanol–water partition coefficient (Wildman–Crippen LogP) is 1.69. The molecule has 0 saturated carbocycles. The first-order valence-corrected chi connectivity index (χ1v) is 6.97. The number of carbonyl (C=O) groups is 3. The smallest absolute Gasteiger partial charge is 0.308 e. The third-order valence-electron chi connectivity index (χ3n) is 3.85. The lowest BCUT2D eigenvalue weighted by Gasteiger charge is -2.21. The van der Waals surface area contributed by atoms with Gasteiger partial charge in [0.25, 0.3) is 5.56 Å². The van der Waals surface area contributed by atoms with Gasteiger partial charge in [-0.1, -0.05) is 12.1 Å². The average Bonchev–Trinajstić information content (AvgIpc) is 2.47. The normalized spacial score (nSPS) is 12.7. The molecule has 1 heterocycles. The number of pyridine rings is 1. The third kappa shape index (κ3) is 2.11. The number of fused-ring (bicyclic) bond motifs is 2. The second kappa shape index (κ2) is 5.01. The summed E-state index contributed by atoms with van der Waals surface area (Å²) in [7, 11) is 0. The number of ketones is 2. The average molecular weight is 311 g/mol. The van der Waals surface area contributed by atoms with Gasteiger partial charge in [-0.25, -0.2) is 0 Å². The van der Waals surface area contributed by atoms with E-state index in [0.717, 1.165) is 0 Å². The van der Waals surface area contributed by atoms with Crippen molar-refractivity contribution in [3.63, 3.8) is 0 Å². The molecule has 1 aromatic carbocycles. The highest BCUT2D eigenvalue weighted by Crippen LogP contribution is 2.34. The quantitative estimate of drug-likeness (QED) is 0.545. The molecule has 0 radical (unpaired) electrons. The molecule has 0 aliphatic heterocycles. The number of benzene rings is 1. The molecule has 116 valence electrons. The number of rotatable bonds is 1. The molecule has 1 aliphatic carbocycles. The molecule has 0 unspecified atom stereocenters. The van der Waals surface area contributed by atoms with Crippen LogP contribution in [0.15, 0.2) is 23.0 Å². The molecule has 1 aromatic heterocycles. The Bertz CT molecular complexity index is 952. The fourth-order valence-corrected chi connectivity index (χ4v) is 2.84. The lowest BCUT2D eigenvalue weighted by molar-refractivity contribution is -0.131. The number of aryl methyl sites for hydroxylation is 1. The number of hydrogen-bond acceptors (Lipinski definition) is 5. The summed E-state index contributed by atoms with van der Waals surface area (Å²) in [6.45, 7) is 4.28. The monoisotopic (exact) mass is 311 g/mol. The van der Waals surface area contributed by atoms with Gasteiger partial charge in [0, 0.05) is 29.3 Å². The van der Waals surface area contributed by atoms with E-state index < -0.39 is 23.1 Å². The van der Waals surface area contributed by atoms with Gasteiger partial charge >= 0.3 is 5.97 Å². The zero-order valence-corrected chi connectivity index (χ0v) is 12.8. The first-order chi connectivity index (χ1) is 10.8. The number of aromatic amines is 1. The van der Waals surface area contributed by atoms with Crippen LogP contribution in [0.4, 0.5) is 0 Å². The van der Waals surface area contributed by atoms with E-state index >= 15 is 0 Å². The van der Waals surface area contributed by atoms with Crippen LogP contribution in [0.5, 0.6) is 5.75 Å². The topological polar surface area (TPSA) is 93.3 Å². The highest BCUT2D eigenvalue weighted by molar-refractivity contribution is 6.30. The third-order valence-corrected chi connectivity index (χ3v) is 3.85. The molecule has 2 aromatic rings. The van der Waals surface area contributed by atoms with Crippen LogP contribution in [0, 0.1) is 13.8 Å². The van der Waals surface area contributed by atoms with E-state index in [0.29, 0.717) is 5.69 Å². The predicted molar refractivity (Wildman–Crippen MR) is 81.2 cm³/mol. The molecular formula is C17H13NO5. The van der Waals surface area contributed by atoms with Gasteiger partial charge in [-0.2, -0.15) is 0 Å². The first-order valence-electron chi connectivity index (χ1n) is 6.97. The van der Waals surface area contributed by atoms with Crippen molar-refractivity contribution in [1.29, 1.82) is 0 Å². The molecule has 3 rings (SSSR count). The Kier molecular flexibility index (Phi) is 3.25. The Labute approximate surface area is 131 Å². The minimum atomic E-state index is -0.584. The van der Waals surface area contributed by atoms with Crippen LogP contribution < -0.4 is 10.3 Å². The molecule has 0 saturated heterocycles. The van der Waals surface area contributed by atoms with Gasteiger partial charge in [-0.05, 0) is 19.9 Å². The number of esters is 1. The molecule has 6 nitrogen and oxygen atoms in total. The number of ether oxygens (including phenoxy) is 1. The van der Waals surface area contributed by atoms with Crippen molar-refractivity contribution in [3.05, 3.63) is 62.1 Å². The highest BCUT2D eigenvalue weighted by atomic mass is 16.5. The molecule has 6 heteroatoms. The van der Waals surface area contributed by atoms with Gasteiger partial charge in [0.05, 0.1) is 11.1 Å². The van der Waals surface area contributed by atoms with E-state index in [1.54, 1.807) is 6.92 Å². The van der Waals surface area contributed by atoms with Gasteiger partial charge in [-0.15, -0.1) is 0 Å². The van der Waals surface area contributed by atoms with Crippen molar-refractivity contribution in [2.24, 2.45) is 0 Å². The highest BCUT2D eigenvalue weighted by Gasteiger charge is 2.35. The summed E-state index contributed by atoms with van der Waals surface area (Å²) in [4.78, 5) is 51.4. The Balaban J connectivity index is 2.36. The van der Waals surface area contributed by atoms with Crippen LogP contribution >= 0.6 is 0 Å². The van der Waals surface area contributed by atoms with E-state index in [2.05, 4.69) is 4.98 Å². The Morgan fingerprint density at radius 1 is 1.00 bits per heavy atom. The van der Waals surface area contributed by atoms with E-state index in [9.17, 15) is 19.2 Å². The molecule has 1 aliphatic rings. The van der Waals surface area contributed by atoms with Gasteiger partial charge in [0.1, 0.15) is 5.75 Å². The summed E-state index contributed by atoms with van der Waals surface area (Å²) in [5.74, 6) is -1.40. The second-order valence-electron chi connectivity index (χ2n) is 5.38. The number of nitrogens with one attached hydrogen (secondary N) is 1. The molecule has 0 bridgehead atoms. The Morgan fingerprint density at radius 2 is 1.70 bits per heavy atom. The van der Waals surface area contributed by atoms with Gasteiger partial charge in [0.2, 0.25) is 0 Å². The van der Waals surface area contributed by atoms with Crippen LogP contribution in [0.2, 0.25) is 0 Å². The van der Waals surface area contributed by atoms with Crippen LogP contribution in [-0.2, 0) is 4.79 Å². The molecule has 0 fully saturated rings. The number of aromatic nitrogens is 1. The van der Waals surface area contributed by atoms with E-state index in [1.165, 1.54) is 32.0 Å². The minimum Gasteiger partial charge on any atom is -0.426 e. The van der Waals surface area contributed by atoms with Gasteiger partial charge < -0.3 is 9.72 Å². The maximum atomic E-state index is 12.9. The Morgan fingerprint density at radius 3 is 2.35 bits per heavy atom.